The van der Waals surface area contributed by atoms with E-state index in [2.05, 4.69) is 11.0 Å². The summed E-state index contributed by atoms with van der Waals surface area (Å²) in [7, 11) is 0. The summed E-state index contributed by atoms with van der Waals surface area (Å²) in [5, 5.41) is 8.36. The molecule has 0 aromatic rings. The van der Waals surface area contributed by atoms with Crippen molar-refractivity contribution in [2.24, 2.45) is 0 Å². The lowest BCUT2D eigenvalue weighted by Gasteiger charge is -2.16. The van der Waals surface area contributed by atoms with Crippen LogP contribution in [0, 0.1) is 11.3 Å². The average Bonchev–Trinajstić information content (AvgIpc) is 2.28. The second kappa shape index (κ2) is 5.11. The Labute approximate surface area is 67.6 Å². The van der Waals surface area contributed by atoms with Gasteiger partial charge < -0.3 is 4.74 Å². The molecule has 0 aromatic carbocycles. The Morgan fingerprint density at radius 2 is 2.27 bits per heavy atom. The molecule has 1 saturated heterocycles. The van der Waals surface area contributed by atoms with Crippen LogP contribution in [0.25, 0.3) is 0 Å². The van der Waals surface area contributed by atoms with Crippen molar-refractivity contribution in [2.75, 3.05) is 32.8 Å². The predicted molar refractivity (Wildman–Crippen MR) is 42.1 cm³/mol. The molecule has 3 nitrogen and oxygen atoms in total. The molecule has 1 heterocycles. The van der Waals surface area contributed by atoms with E-state index >= 15 is 0 Å². The van der Waals surface area contributed by atoms with E-state index in [1.54, 1.807) is 0 Å². The summed E-state index contributed by atoms with van der Waals surface area (Å²) in [5.41, 5.74) is 0. The van der Waals surface area contributed by atoms with Crippen molar-refractivity contribution < 1.29 is 4.74 Å². The highest BCUT2D eigenvalue weighted by molar-refractivity contribution is 4.72. The Balaban J connectivity index is 2.15. The van der Waals surface area contributed by atoms with E-state index in [0.29, 0.717) is 6.42 Å². The van der Waals surface area contributed by atoms with Crippen LogP contribution in [0.5, 0.6) is 0 Å². The molecule has 0 atom stereocenters. The standard InChI is InChI=1S/C8H14N2O/c9-3-1-4-10-5-2-7-11-8-6-10/h1-2,4-8H2. The smallest absolute Gasteiger partial charge is 0.0635 e. The Morgan fingerprint density at radius 3 is 3.09 bits per heavy atom. The number of nitriles is 1. The fourth-order valence-corrected chi connectivity index (χ4v) is 1.23. The number of rotatable bonds is 2. The van der Waals surface area contributed by atoms with Gasteiger partial charge in [0.2, 0.25) is 0 Å². The second-order valence-corrected chi connectivity index (χ2v) is 2.72. The molecule has 0 aliphatic carbocycles. The van der Waals surface area contributed by atoms with E-state index < -0.39 is 0 Å². The van der Waals surface area contributed by atoms with Crippen molar-refractivity contribution >= 4 is 0 Å². The first-order valence-electron chi connectivity index (χ1n) is 4.10. The minimum absolute atomic E-state index is 0.639. The normalized spacial score (nSPS) is 20.6. The molecule has 0 bridgehead atoms. The Bertz CT molecular complexity index is 134. The van der Waals surface area contributed by atoms with E-state index in [4.69, 9.17) is 10.00 Å². The van der Waals surface area contributed by atoms with Gasteiger partial charge in [0.05, 0.1) is 12.7 Å². The lowest BCUT2D eigenvalue weighted by Crippen LogP contribution is -2.27. The molecule has 1 aliphatic rings. The molecule has 0 spiro atoms. The average molecular weight is 154 g/mol. The third kappa shape index (κ3) is 3.35. The van der Waals surface area contributed by atoms with Gasteiger partial charge in [-0.25, -0.2) is 0 Å². The van der Waals surface area contributed by atoms with E-state index in [0.717, 1.165) is 39.3 Å². The summed E-state index contributed by atoms with van der Waals surface area (Å²) < 4.78 is 5.28. The lowest BCUT2D eigenvalue weighted by atomic mass is 10.3. The van der Waals surface area contributed by atoms with Crippen LogP contribution in [0.1, 0.15) is 12.8 Å². The van der Waals surface area contributed by atoms with Crippen LogP contribution < -0.4 is 0 Å². The van der Waals surface area contributed by atoms with Gasteiger partial charge in [-0.1, -0.05) is 0 Å². The van der Waals surface area contributed by atoms with Crippen LogP contribution in [-0.4, -0.2) is 37.7 Å². The third-order valence-corrected chi connectivity index (χ3v) is 1.85. The van der Waals surface area contributed by atoms with Crippen molar-refractivity contribution in [3.8, 4) is 6.07 Å². The largest absolute Gasteiger partial charge is 0.380 e. The van der Waals surface area contributed by atoms with E-state index in [1.165, 1.54) is 0 Å². The quantitative estimate of drug-likeness (QED) is 0.585. The monoisotopic (exact) mass is 154 g/mol. The van der Waals surface area contributed by atoms with Gasteiger partial charge in [0.1, 0.15) is 0 Å². The Hall–Kier alpha value is -0.590. The fraction of sp³-hybridized carbons (Fsp3) is 0.875. The van der Waals surface area contributed by atoms with Crippen LogP contribution in [0.15, 0.2) is 0 Å². The molecule has 0 radical (unpaired) electrons. The topological polar surface area (TPSA) is 36.3 Å². The zero-order valence-electron chi connectivity index (χ0n) is 6.75. The molecule has 0 aromatic heterocycles. The molecule has 1 rings (SSSR count). The van der Waals surface area contributed by atoms with Crippen LogP contribution in [-0.2, 0) is 4.74 Å². The van der Waals surface area contributed by atoms with E-state index in [1.807, 2.05) is 0 Å². The molecule has 3 heteroatoms. The van der Waals surface area contributed by atoms with Gasteiger partial charge in [-0.05, 0) is 6.42 Å². The summed E-state index contributed by atoms with van der Waals surface area (Å²) in [4.78, 5) is 2.29. The molecule has 62 valence electrons. The molecular weight excluding hydrogens is 140 g/mol. The SMILES string of the molecule is N#CCCN1CCCOCC1. The molecule has 0 N–H and O–H groups in total. The first-order valence-corrected chi connectivity index (χ1v) is 4.10. The summed E-state index contributed by atoms with van der Waals surface area (Å²) in [6, 6.07) is 2.15. The highest BCUT2D eigenvalue weighted by Crippen LogP contribution is 1.98. The van der Waals surface area contributed by atoms with Crippen LogP contribution in [0.4, 0.5) is 0 Å². The van der Waals surface area contributed by atoms with Gasteiger partial charge in [0, 0.05) is 32.7 Å². The van der Waals surface area contributed by atoms with Gasteiger partial charge in [-0.3, -0.25) is 4.90 Å². The Kier molecular flexibility index (Phi) is 3.95. The number of hydrogen-bond acceptors (Lipinski definition) is 3. The predicted octanol–water partition coefficient (Wildman–Crippen LogP) is 0.622. The molecule has 11 heavy (non-hydrogen) atoms. The first-order chi connectivity index (χ1) is 5.43. The highest BCUT2D eigenvalue weighted by Gasteiger charge is 2.07. The molecule has 0 amide bonds. The molecule has 1 aliphatic heterocycles. The summed E-state index contributed by atoms with van der Waals surface area (Å²) >= 11 is 0. The fourth-order valence-electron chi connectivity index (χ4n) is 1.23. The highest BCUT2D eigenvalue weighted by atomic mass is 16.5. The summed E-state index contributed by atoms with van der Waals surface area (Å²) in [5.74, 6) is 0. The van der Waals surface area contributed by atoms with Crippen molar-refractivity contribution in [3.05, 3.63) is 0 Å². The zero-order chi connectivity index (χ0) is 7.94. The van der Waals surface area contributed by atoms with Crippen LogP contribution in [0.3, 0.4) is 0 Å². The molecule has 0 saturated carbocycles. The van der Waals surface area contributed by atoms with Crippen molar-refractivity contribution in [1.82, 2.24) is 4.90 Å². The minimum Gasteiger partial charge on any atom is -0.380 e. The van der Waals surface area contributed by atoms with Gasteiger partial charge >= 0.3 is 0 Å². The van der Waals surface area contributed by atoms with E-state index in [-0.39, 0.29) is 0 Å². The van der Waals surface area contributed by atoms with E-state index in [9.17, 15) is 0 Å². The number of ether oxygens (including phenoxy) is 1. The molecule has 1 fully saturated rings. The third-order valence-electron chi connectivity index (χ3n) is 1.85. The van der Waals surface area contributed by atoms with Gasteiger partial charge in [0.15, 0.2) is 0 Å². The summed E-state index contributed by atoms with van der Waals surface area (Å²) in [6.07, 6.45) is 1.74. The second-order valence-electron chi connectivity index (χ2n) is 2.72. The molecular formula is C8H14N2O. The van der Waals surface area contributed by atoms with Crippen molar-refractivity contribution in [3.63, 3.8) is 0 Å². The maximum atomic E-state index is 8.36. The lowest BCUT2D eigenvalue weighted by molar-refractivity contribution is 0.142. The number of nitrogens with zero attached hydrogens (tertiary/aromatic N) is 2. The number of hydrogen-bond donors (Lipinski definition) is 0. The first kappa shape index (κ1) is 8.51. The summed E-state index contributed by atoms with van der Waals surface area (Å²) in [6.45, 7) is 4.68. The van der Waals surface area contributed by atoms with Crippen molar-refractivity contribution in [1.29, 1.82) is 5.26 Å². The minimum atomic E-state index is 0.639. The molecule has 0 unspecified atom stereocenters. The van der Waals surface area contributed by atoms with Crippen LogP contribution in [0.2, 0.25) is 0 Å². The van der Waals surface area contributed by atoms with Gasteiger partial charge in [-0.2, -0.15) is 5.26 Å². The van der Waals surface area contributed by atoms with Gasteiger partial charge in [0.25, 0.3) is 0 Å². The van der Waals surface area contributed by atoms with Crippen molar-refractivity contribution in [2.45, 2.75) is 12.8 Å². The zero-order valence-corrected chi connectivity index (χ0v) is 6.75. The maximum absolute atomic E-state index is 8.36. The van der Waals surface area contributed by atoms with Crippen LogP contribution >= 0.6 is 0 Å². The Morgan fingerprint density at radius 1 is 1.36 bits per heavy atom. The van der Waals surface area contributed by atoms with Gasteiger partial charge in [-0.15, -0.1) is 0 Å². The maximum Gasteiger partial charge on any atom is 0.0635 e.